The van der Waals surface area contributed by atoms with Gasteiger partial charge in [-0.25, -0.2) is 9.97 Å². The smallest absolute Gasteiger partial charge is 0.270 e. The molecule has 144 valence electrons. The van der Waals surface area contributed by atoms with E-state index in [1.54, 1.807) is 13.2 Å². The summed E-state index contributed by atoms with van der Waals surface area (Å²) in [5.74, 6) is 2.08. The zero-order valence-corrected chi connectivity index (χ0v) is 16.4. The molecule has 0 aliphatic carbocycles. The summed E-state index contributed by atoms with van der Waals surface area (Å²) in [4.78, 5) is 23.8. The lowest BCUT2D eigenvalue weighted by molar-refractivity contribution is 0.0949. The maximum Gasteiger partial charge on any atom is 0.270 e. The van der Waals surface area contributed by atoms with Crippen LogP contribution in [0.4, 0.5) is 5.95 Å². The number of carbonyl (C=O) groups is 1. The van der Waals surface area contributed by atoms with Gasteiger partial charge in [-0.3, -0.25) is 4.79 Å². The monoisotopic (exact) mass is 368 g/mol. The number of nitrogens with zero attached hydrogens (tertiary/aromatic N) is 3. The van der Waals surface area contributed by atoms with Crippen molar-refractivity contribution in [2.24, 2.45) is 5.92 Å². The summed E-state index contributed by atoms with van der Waals surface area (Å²) in [6, 6.07) is 9.59. The van der Waals surface area contributed by atoms with E-state index in [0.717, 1.165) is 48.9 Å². The Labute approximate surface area is 161 Å². The molecule has 0 radical (unpaired) electrons. The molecule has 1 amide bonds. The number of ether oxygens (including phenoxy) is 1. The van der Waals surface area contributed by atoms with Crippen molar-refractivity contribution in [1.29, 1.82) is 0 Å². The molecule has 2 heterocycles. The highest BCUT2D eigenvalue weighted by molar-refractivity contribution is 5.92. The van der Waals surface area contributed by atoms with Crippen LogP contribution >= 0.6 is 0 Å². The molecule has 1 N–H and O–H groups in total. The number of aryl methyl sites for hydroxylation is 1. The maximum absolute atomic E-state index is 12.6. The van der Waals surface area contributed by atoms with Crippen LogP contribution in [-0.2, 0) is 6.42 Å². The summed E-state index contributed by atoms with van der Waals surface area (Å²) in [5.41, 5.74) is 2.31. The van der Waals surface area contributed by atoms with Gasteiger partial charge in [-0.2, -0.15) is 0 Å². The van der Waals surface area contributed by atoms with Crippen molar-refractivity contribution in [2.45, 2.75) is 33.1 Å². The summed E-state index contributed by atoms with van der Waals surface area (Å²) >= 11 is 0. The Morgan fingerprint density at radius 1 is 1.26 bits per heavy atom. The number of nitrogens with one attached hydrogen (secondary N) is 1. The first-order valence-electron chi connectivity index (χ1n) is 9.57. The minimum atomic E-state index is -0.165. The number of piperidine rings is 1. The second-order valence-electron chi connectivity index (χ2n) is 7.18. The van der Waals surface area contributed by atoms with Crippen LogP contribution in [0.5, 0.6) is 5.75 Å². The van der Waals surface area contributed by atoms with E-state index in [9.17, 15) is 4.79 Å². The van der Waals surface area contributed by atoms with Crippen molar-refractivity contribution in [3.05, 3.63) is 47.3 Å². The van der Waals surface area contributed by atoms with Gasteiger partial charge in [-0.15, -0.1) is 0 Å². The van der Waals surface area contributed by atoms with E-state index in [-0.39, 0.29) is 5.91 Å². The van der Waals surface area contributed by atoms with E-state index in [1.165, 1.54) is 0 Å². The van der Waals surface area contributed by atoms with E-state index >= 15 is 0 Å². The van der Waals surface area contributed by atoms with E-state index in [2.05, 4.69) is 27.1 Å². The number of hydrogen-bond acceptors (Lipinski definition) is 5. The molecule has 0 bridgehead atoms. The lowest BCUT2D eigenvalue weighted by Gasteiger charge is -2.30. The Hall–Kier alpha value is -2.63. The fourth-order valence-electron chi connectivity index (χ4n) is 3.33. The fourth-order valence-corrected chi connectivity index (χ4v) is 3.33. The normalized spacial score (nSPS) is 14.9. The topological polar surface area (TPSA) is 67.3 Å². The van der Waals surface area contributed by atoms with Crippen LogP contribution in [0.2, 0.25) is 0 Å². The number of hydrogen-bond donors (Lipinski definition) is 1. The van der Waals surface area contributed by atoms with Gasteiger partial charge in [-0.05, 0) is 49.8 Å². The van der Waals surface area contributed by atoms with Crippen LogP contribution in [0.3, 0.4) is 0 Å². The quantitative estimate of drug-likeness (QED) is 0.849. The number of benzene rings is 1. The van der Waals surface area contributed by atoms with E-state index in [1.807, 2.05) is 31.2 Å². The zero-order chi connectivity index (χ0) is 19.2. The molecule has 1 aromatic heterocycles. The molecule has 1 aliphatic heterocycles. The molecule has 1 aliphatic rings. The Bertz CT molecular complexity index is 786. The Morgan fingerprint density at radius 2 is 2.00 bits per heavy atom. The number of amides is 1. The van der Waals surface area contributed by atoms with E-state index < -0.39 is 0 Å². The standard InChI is InChI=1S/C21H28N4O2/c1-15-9-12-25(13-10-15)21-23-16(2)14-18(24-21)20(26)22-11-8-17-6-4-5-7-19(17)27-3/h4-7,14-15H,8-13H2,1-3H3,(H,22,26). The number of aromatic nitrogens is 2. The molecule has 0 spiro atoms. The van der Waals surface area contributed by atoms with Crippen molar-refractivity contribution in [3.8, 4) is 5.75 Å². The fraction of sp³-hybridized carbons (Fsp3) is 0.476. The molecular weight excluding hydrogens is 340 g/mol. The molecule has 6 heteroatoms. The maximum atomic E-state index is 12.6. The van der Waals surface area contributed by atoms with Crippen molar-refractivity contribution >= 4 is 11.9 Å². The van der Waals surface area contributed by atoms with Crippen LogP contribution in [0, 0.1) is 12.8 Å². The number of methoxy groups -OCH3 is 1. The lowest BCUT2D eigenvalue weighted by Crippen LogP contribution is -2.35. The van der Waals surface area contributed by atoms with Gasteiger partial charge in [0.05, 0.1) is 7.11 Å². The minimum Gasteiger partial charge on any atom is -0.496 e. The summed E-state index contributed by atoms with van der Waals surface area (Å²) in [6.45, 7) is 6.59. The first-order chi connectivity index (χ1) is 13.1. The molecule has 6 nitrogen and oxygen atoms in total. The largest absolute Gasteiger partial charge is 0.496 e. The third-order valence-corrected chi connectivity index (χ3v) is 5.01. The molecule has 0 atom stereocenters. The van der Waals surface area contributed by atoms with Crippen molar-refractivity contribution in [3.63, 3.8) is 0 Å². The Balaban J connectivity index is 1.62. The van der Waals surface area contributed by atoms with Crippen LogP contribution in [0.15, 0.2) is 30.3 Å². The van der Waals surface area contributed by atoms with Crippen LogP contribution in [-0.4, -0.2) is 42.6 Å². The second-order valence-corrected chi connectivity index (χ2v) is 7.18. The molecule has 27 heavy (non-hydrogen) atoms. The van der Waals surface area contributed by atoms with Gasteiger partial charge in [0.25, 0.3) is 5.91 Å². The van der Waals surface area contributed by atoms with Gasteiger partial charge in [0.15, 0.2) is 0 Å². The SMILES string of the molecule is COc1ccccc1CCNC(=O)c1cc(C)nc(N2CCC(C)CC2)n1. The highest BCUT2D eigenvalue weighted by Crippen LogP contribution is 2.21. The molecule has 1 fully saturated rings. The van der Waals surface area contributed by atoms with Gasteiger partial charge >= 0.3 is 0 Å². The highest BCUT2D eigenvalue weighted by Gasteiger charge is 2.20. The van der Waals surface area contributed by atoms with Gasteiger partial charge < -0.3 is 15.0 Å². The molecule has 2 aromatic rings. The molecule has 3 rings (SSSR count). The van der Waals surface area contributed by atoms with Crippen LogP contribution in [0.1, 0.15) is 41.5 Å². The predicted molar refractivity (Wildman–Crippen MR) is 106 cm³/mol. The average Bonchev–Trinajstić information content (AvgIpc) is 2.68. The van der Waals surface area contributed by atoms with Crippen molar-refractivity contribution in [2.75, 3.05) is 31.6 Å². The third-order valence-electron chi connectivity index (χ3n) is 5.01. The Morgan fingerprint density at radius 3 is 2.74 bits per heavy atom. The van der Waals surface area contributed by atoms with Gasteiger partial charge in [-0.1, -0.05) is 25.1 Å². The van der Waals surface area contributed by atoms with Crippen LogP contribution < -0.4 is 15.0 Å². The summed E-state index contributed by atoms with van der Waals surface area (Å²) in [5, 5.41) is 2.96. The molecule has 0 saturated carbocycles. The first-order valence-corrected chi connectivity index (χ1v) is 9.57. The lowest BCUT2D eigenvalue weighted by atomic mass is 10.00. The van der Waals surface area contributed by atoms with Crippen LogP contribution in [0.25, 0.3) is 0 Å². The van der Waals surface area contributed by atoms with Gasteiger partial charge in [0.1, 0.15) is 11.4 Å². The Kier molecular flexibility index (Phi) is 6.27. The average molecular weight is 368 g/mol. The van der Waals surface area contributed by atoms with E-state index in [4.69, 9.17) is 4.74 Å². The van der Waals surface area contributed by atoms with E-state index in [0.29, 0.717) is 24.6 Å². The van der Waals surface area contributed by atoms with Gasteiger partial charge in [0, 0.05) is 25.3 Å². The minimum absolute atomic E-state index is 0.165. The predicted octanol–water partition coefficient (Wildman–Crippen LogP) is 3.00. The third kappa shape index (κ3) is 4.96. The second kappa shape index (κ2) is 8.84. The first kappa shape index (κ1) is 19.1. The summed E-state index contributed by atoms with van der Waals surface area (Å²) in [7, 11) is 1.66. The molecule has 0 unspecified atom stereocenters. The summed E-state index contributed by atoms with van der Waals surface area (Å²) in [6.07, 6.45) is 2.98. The molecular formula is C21H28N4O2. The highest BCUT2D eigenvalue weighted by atomic mass is 16.5. The number of anilines is 1. The molecule has 1 saturated heterocycles. The molecule has 1 aromatic carbocycles. The van der Waals surface area contributed by atoms with Crippen molar-refractivity contribution < 1.29 is 9.53 Å². The zero-order valence-electron chi connectivity index (χ0n) is 16.4. The number of rotatable bonds is 6. The van der Waals surface area contributed by atoms with Crippen molar-refractivity contribution in [1.82, 2.24) is 15.3 Å². The summed E-state index contributed by atoms with van der Waals surface area (Å²) < 4.78 is 5.35. The number of carbonyl (C=O) groups excluding carboxylic acids is 1. The number of para-hydroxylation sites is 1. The van der Waals surface area contributed by atoms with Gasteiger partial charge in [0.2, 0.25) is 5.95 Å².